The van der Waals surface area contributed by atoms with Gasteiger partial charge in [-0.25, -0.2) is 9.78 Å². The van der Waals surface area contributed by atoms with Crippen LogP contribution in [0.25, 0.3) is 0 Å². The predicted molar refractivity (Wildman–Crippen MR) is 285 cm³/mol. The third-order valence-corrected chi connectivity index (χ3v) is 10.7. The topological polar surface area (TPSA) is 254 Å². The molecule has 0 aromatic carbocycles. The molecular weight excluding hydrogens is 931 g/mol. The minimum Gasteiger partial charge on any atom is -0.472 e. The summed E-state index contributed by atoms with van der Waals surface area (Å²) >= 11 is 2.90. The van der Waals surface area contributed by atoms with Crippen LogP contribution in [0.4, 0.5) is 0 Å². The number of aromatic nitrogens is 9. The largest absolute Gasteiger partial charge is 0.472 e. The van der Waals surface area contributed by atoms with Gasteiger partial charge in [-0.1, -0.05) is 129 Å². The van der Waals surface area contributed by atoms with Crippen molar-refractivity contribution < 1.29 is 23.1 Å². The summed E-state index contributed by atoms with van der Waals surface area (Å²) in [4.78, 5) is 50.2. The molecule has 6 aromatic heterocycles. The van der Waals surface area contributed by atoms with Gasteiger partial charge in [0.05, 0.1) is 47.0 Å². The highest BCUT2D eigenvalue weighted by molar-refractivity contribution is 7.05. The fourth-order valence-corrected chi connectivity index (χ4v) is 6.00. The molecule has 2 amide bonds. The van der Waals surface area contributed by atoms with Crippen molar-refractivity contribution in [1.82, 2.24) is 54.2 Å². The molecule has 0 atom stereocenters. The summed E-state index contributed by atoms with van der Waals surface area (Å²) in [6.07, 6.45) is 4.53. The average molecular weight is 1020 g/mol. The summed E-state index contributed by atoms with van der Waals surface area (Å²) in [6, 6.07) is 4.11. The van der Waals surface area contributed by atoms with Gasteiger partial charge in [0.1, 0.15) is 17.9 Å². The molecule has 0 bridgehead atoms. The molecule has 6 aromatic rings. The minimum atomic E-state index is -0.487. The van der Waals surface area contributed by atoms with Crippen LogP contribution in [0, 0.1) is 39.5 Å². The second-order valence-corrected chi connectivity index (χ2v) is 19.5. The lowest BCUT2D eigenvalue weighted by atomic mass is 10.0. The van der Waals surface area contributed by atoms with E-state index in [0.717, 1.165) is 39.9 Å². The average Bonchev–Trinajstić information content (AvgIpc) is 4.15. The van der Waals surface area contributed by atoms with Gasteiger partial charge in [-0.05, 0) is 63.0 Å². The summed E-state index contributed by atoms with van der Waals surface area (Å²) < 4.78 is 26.6. The molecule has 4 N–H and O–H groups in total. The Morgan fingerprint density at radius 2 is 1.19 bits per heavy atom. The Morgan fingerprint density at radius 3 is 1.40 bits per heavy atom. The smallest absolute Gasteiger partial charge is 0.438 e. The van der Waals surface area contributed by atoms with Gasteiger partial charge in [-0.15, -0.1) is 0 Å². The summed E-state index contributed by atoms with van der Waals surface area (Å²) in [7, 11) is 3.28. The minimum absolute atomic E-state index is 0. The SMILES string of the molecule is C.CC(C)c1ncn[nH]1.CC(C)c1noc(=O)[nH]1.CNC(=O)C(C)C.CNC(=O)C(C)C.Cc1cc(C(C)C)on1.Cc1cc(C(C)C)sn1.Cc1cocc(C(C)C)c1=O.Cc1nsnc1C(C)C. The molecule has 0 aliphatic heterocycles. The van der Waals surface area contributed by atoms with E-state index in [1.54, 1.807) is 32.6 Å². The van der Waals surface area contributed by atoms with Crippen LogP contribution in [-0.4, -0.2) is 69.5 Å². The van der Waals surface area contributed by atoms with Crippen molar-refractivity contribution in [2.75, 3.05) is 14.1 Å². The standard InChI is InChI=1S/C9H12O2.C7H11NO.C7H11NS.C6H10N2S.C5H9N3.C5H8N2O2.2C5H11NO.CH4/c1-6(2)8-5-11-4-7(3)9(8)10;2*1-5(2)7-4-6(3)8-9-7;1-4(2)6-5(3)7-9-8-6;1-4(2)5-6-3-7-8-5;1-3(2)4-6-5(8)9-7-4;2*1-4(2)5(7)6-3;/h4-6H,1-3H3;2*4-5H,1-3H3;4H,1-3H3;3-4H,1-2H3,(H,6,7,8);3H,1-2H3,(H,6,7,8);2*4H,1-3H3,(H,6,7);1H4. The van der Waals surface area contributed by atoms with Crippen molar-refractivity contribution in [3.05, 3.63) is 108 Å². The highest BCUT2D eigenvalue weighted by Gasteiger charge is 2.08. The Morgan fingerprint density at radius 1 is 0.629 bits per heavy atom. The number of nitrogens with zero attached hydrogens (tertiary/aromatic N) is 7. The molecule has 0 saturated carbocycles. The lowest BCUT2D eigenvalue weighted by Crippen LogP contribution is -2.22. The van der Waals surface area contributed by atoms with E-state index in [-0.39, 0.29) is 48.3 Å². The zero-order valence-corrected chi connectivity index (χ0v) is 46.9. The van der Waals surface area contributed by atoms with E-state index in [1.807, 2.05) is 82.2 Å². The Balaban J connectivity index is -0.000000734. The van der Waals surface area contributed by atoms with Crippen LogP contribution in [0.5, 0.6) is 0 Å². The predicted octanol–water partition coefficient (Wildman–Crippen LogP) is 11.6. The lowest BCUT2D eigenvalue weighted by molar-refractivity contribution is -0.124. The maximum absolute atomic E-state index is 11.4. The number of hydrogen-bond acceptors (Lipinski definition) is 16. The van der Waals surface area contributed by atoms with Gasteiger partial charge in [0, 0.05) is 65.8 Å². The Kier molecular flexibility index (Phi) is 36.5. The van der Waals surface area contributed by atoms with E-state index in [0.29, 0.717) is 35.1 Å². The zero-order chi connectivity index (χ0) is 53.6. The molecule has 0 aliphatic rings. The molecule has 6 rings (SSSR count). The molecule has 0 radical (unpaired) electrons. The van der Waals surface area contributed by atoms with Crippen LogP contribution in [0.1, 0.15) is 210 Å². The van der Waals surface area contributed by atoms with Crippen molar-refractivity contribution in [1.29, 1.82) is 0 Å². The molecule has 6 heterocycles. The maximum Gasteiger partial charge on any atom is 0.438 e. The number of aryl methyl sites for hydroxylation is 4. The number of carbonyl (C=O) groups excluding carboxylic acids is 2. The molecule has 0 saturated heterocycles. The van der Waals surface area contributed by atoms with Gasteiger partial charge in [0.15, 0.2) is 11.3 Å². The van der Waals surface area contributed by atoms with E-state index in [4.69, 9.17) is 8.94 Å². The first-order chi connectivity index (χ1) is 32.1. The Bertz CT molecular complexity index is 2290. The van der Waals surface area contributed by atoms with Crippen molar-refractivity contribution in [2.24, 2.45) is 11.8 Å². The van der Waals surface area contributed by atoms with Gasteiger partial charge in [-0.3, -0.25) is 29.0 Å². The highest BCUT2D eigenvalue weighted by atomic mass is 32.1. The van der Waals surface area contributed by atoms with Crippen LogP contribution >= 0.6 is 23.3 Å². The third-order valence-electron chi connectivity index (χ3n) is 8.87. The van der Waals surface area contributed by atoms with Crippen LogP contribution in [-0.2, 0) is 9.59 Å². The second-order valence-electron chi connectivity index (χ2n) is 18.1. The molecule has 0 spiro atoms. The molecule has 70 heavy (non-hydrogen) atoms. The number of H-pyrrole nitrogens is 2. The van der Waals surface area contributed by atoms with Gasteiger partial charge in [0.2, 0.25) is 11.8 Å². The molecular formula is C50H87N11O7S2. The zero-order valence-electron chi connectivity index (χ0n) is 45.3. The van der Waals surface area contributed by atoms with Gasteiger partial charge in [-0.2, -0.15) is 18.2 Å². The number of carbonyl (C=O) groups is 2. The quantitative estimate of drug-likeness (QED) is 0.111. The second kappa shape index (κ2) is 37.2. The van der Waals surface area contributed by atoms with E-state index >= 15 is 0 Å². The third kappa shape index (κ3) is 30.1. The lowest BCUT2D eigenvalue weighted by Gasteiger charge is -2.02. The van der Waals surface area contributed by atoms with Crippen LogP contribution < -0.4 is 21.8 Å². The molecule has 20 heteroatoms. The molecule has 0 aliphatic carbocycles. The van der Waals surface area contributed by atoms with Crippen molar-refractivity contribution in [3.63, 3.8) is 0 Å². The fraction of sp³-hybridized carbons (Fsp3) is 0.620. The van der Waals surface area contributed by atoms with E-state index in [9.17, 15) is 19.2 Å². The first-order valence-corrected chi connectivity index (χ1v) is 24.7. The first kappa shape index (κ1) is 68.6. The summed E-state index contributed by atoms with van der Waals surface area (Å²) in [5.74, 6) is 4.97. The van der Waals surface area contributed by atoms with Crippen LogP contribution in [0.15, 0.2) is 54.0 Å². The Labute approximate surface area is 425 Å². The summed E-state index contributed by atoms with van der Waals surface area (Å²) in [5, 5.41) is 18.8. The van der Waals surface area contributed by atoms with Crippen molar-refractivity contribution >= 4 is 35.1 Å². The maximum atomic E-state index is 11.4. The molecule has 18 nitrogen and oxygen atoms in total. The van der Waals surface area contributed by atoms with Crippen molar-refractivity contribution in [3.8, 4) is 0 Å². The highest BCUT2D eigenvalue weighted by Crippen LogP contribution is 2.19. The van der Waals surface area contributed by atoms with Gasteiger partial charge >= 0.3 is 5.76 Å². The number of aromatic amines is 2. The van der Waals surface area contributed by atoms with E-state index in [2.05, 4.69) is 120 Å². The molecule has 396 valence electrons. The van der Waals surface area contributed by atoms with Crippen molar-refractivity contribution in [2.45, 2.75) is 181 Å². The van der Waals surface area contributed by atoms with E-state index in [1.165, 1.54) is 35.5 Å². The van der Waals surface area contributed by atoms with Gasteiger partial charge < -0.3 is 19.6 Å². The molecule has 0 unspecified atom stereocenters. The normalized spacial score (nSPS) is 10.1. The summed E-state index contributed by atoms with van der Waals surface area (Å²) in [6.45, 7) is 39.9. The first-order valence-electron chi connectivity index (χ1n) is 23.2. The fourth-order valence-electron chi connectivity index (χ4n) is 4.58. The van der Waals surface area contributed by atoms with Crippen LogP contribution in [0.3, 0.4) is 0 Å². The number of nitrogens with one attached hydrogen (secondary N) is 4. The van der Waals surface area contributed by atoms with E-state index < -0.39 is 5.76 Å². The Hall–Kier alpha value is -5.63. The molecule has 0 fully saturated rings. The number of amides is 2. The summed E-state index contributed by atoms with van der Waals surface area (Å²) in [5.41, 5.74) is 5.85. The van der Waals surface area contributed by atoms with Crippen LogP contribution in [0.2, 0.25) is 0 Å². The number of hydrogen-bond donors (Lipinski definition) is 4. The van der Waals surface area contributed by atoms with Gasteiger partial charge in [0.25, 0.3) is 0 Å². The monoisotopic (exact) mass is 1020 g/mol. The number of rotatable bonds is 8.